The first-order valence-electron chi connectivity index (χ1n) is 7.40. The Morgan fingerprint density at radius 1 is 1.10 bits per heavy atom. The Bertz CT molecular complexity index is 401. The van der Waals surface area contributed by atoms with Gasteiger partial charge in [-0.2, -0.15) is 0 Å². The minimum atomic E-state index is -0.167. The van der Waals surface area contributed by atoms with Crippen molar-refractivity contribution < 1.29 is 9.90 Å². The van der Waals surface area contributed by atoms with E-state index in [1.54, 1.807) is 0 Å². The van der Waals surface area contributed by atoms with Crippen LogP contribution in [0.2, 0.25) is 0 Å². The third-order valence-electron chi connectivity index (χ3n) is 3.77. The molecule has 1 rings (SSSR count). The second kappa shape index (κ2) is 8.05. The fourth-order valence-electron chi connectivity index (χ4n) is 2.21. The third kappa shape index (κ3) is 4.97. The van der Waals surface area contributed by atoms with Crippen LogP contribution in [0.15, 0.2) is 30.3 Å². The van der Waals surface area contributed by atoms with Gasteiger partial charge in [0.05, 0.1) is 12.6 Å². The Hall–Kier alpha value is -1.35. The molecule has 0 radical (unpaired) electrons. The Kier molecular flexibility index (Phi) is 6.73. The van der Waals surface area contributed by atoms with Crippen LogP contribution in [0.4, 0.5) is 0 Å². The highest BCUT2D eigenvalue weighted by Gasteiger charge is 2.25. The summed E-state index contributed by atoms with van der Waals surface area (Å²) in [5.41, 5.74) is 1.17. The van der Waals surface area contributed by atoms with Gasteiger partial charge < -0.3 is 10.4 Å². The first kappa shape index (κ1) is 16.7. The number of rotatable bonds is 7. The number of hydrogen-bond donors (Lipinski definition) is 2. The molecule has 3 heteroatoms. The standard InChI is InChI=1S/C17H27NO2/c1-12(2)15(10-14-8-6-5-7-9-14)17(20)18-16(11-19)13(3)4/h5-9,12-13,15-16,19H,10-11H2,1-4H3,(H,18,20). The predicted molar refractivity (Wildman–Crippen MR) is 82.3 cm³/mol. The van der Waals surface area contributed by atoms with E-state index in [0.29, 0.717) is 0 Å². The van der Waals surface area contributed by atoms with E-state index in [0.717, 1.165) is 6.42 Å². The first-order chi connectivity index (χ1) is 9.45. The Balaban J connectivity index is 2.73. The van der Waals surface area contributed by atoms with E-state index in [9.17, 15) is 9.90 Å². The lowest BCUT2D eigenvalue weighted by atomic mass is 9.88. The van der Waals surface area contributed by atoms with E-state index in [4.69, 9.17) is 0 Å². The van der Waals surface area contributed by atoms with Crippen LogP contribution in [0.5, 0.6) is 0 Å². The highest BCUT2D eigenvalue weighted by Crippen LogP contribution is 2.18. The van der Waals surface area contributed by atoms with Crippen molar-refractivity contribution in [3.8, 4) is 0 Å². The number of nitrogens with one attached hydrogen (secondary N) is 1. The average molecular weight is 277 g/mol. The summed E-state index contributed by atoms with van der Waals surface area (Å²) in [5, 5.41) is 12.3. The maximum atomic E-state index is 12.4. The molecule has 0 bridgehead atoms. The van der Waals surface area contributed by atoms with Crippen LogP contribution in [0.3, 0.4) is 0 Å². The fraction of sp³-hybridized carbons (Fsp3) is 0.588. The van der Waals surface area contributed by atoms with E-state index in [1.807, 2.05) is 32.0 Å². The molecule has 0 aliphatic heterocycles. The number of benzene rings is 1. The van der Waals surface area contributed by atoms with Crippen molar-refractivity contribution in [1.29, 1.82) is 0 Å². The minimum Gasteiger partial charge on any atom is -0.394 e. The second-order valence-electron chi connectivity index (χ2n) is 6.08. The SMILES string of the molecule is CC(C)C(CO)NC(=O)C(Cc1ccccc1)C(C)C. The highest BCUT2D eigenvalue weighted by molar-refractivity contribution is 5.79. The van der Waals surface area contributed by atoms with Crippen LogP contribution in [-0.2, 0) is 11.2 Å². The average Bonchev–Trinajstić information content (AvgIpc) is 2.42. The van der Waals surface area contributed by atoms with Crippen LogP contribution in [0.25, 0.3) is 0 Å². The molecule has 0 saturated heterocycles. The normalized spacial score (nSPS) is 14.3. The summed E-state index contributed by atoms with van der Waals surface area (Å²) in [6.07, 6.45) is 0.737. The number of hydrogen-bond acceptors (Lipinski definition) is 2. The summed E-state index contributed by atoms with van der Waals surface area (Å²) in [4.78, 5) is 12.4. The lowest BCUT2D eigenvalue weighted by Gasteiger charge is -2.26. The number of aliphatic hydroxyl groups is 1. The van der Waals surface area contributed by atoms with Gasteiger partial charge in [-0.3, -0.25) is 4.79 Å². The van der Waals surface area contributed by atoms with Gasteiger partial charge in [0.2, 0.25) is 5.91 Å². The van der Waals surface area contributed by atoms with Gasteiger partial charge in [0, 0.05) is 5.92 Å². The van der Waals surface area contributed by atoms with Gasteiger partial charge in [0.25, 0.3) is 0 Å². The Morgan fingerprint density at radius 3 is 2.15 bits per heavy atom. The maximum Gasteiger partial charge on any atom is 0.224 e. The van der Waals surface area contributed by atoms with E-state index in [1.165, 1.54) is 5.56 Å². The molecule has 0 aliphatic rings. The molecule has 0 heterocycles. The molecular weight excluding hydrogens is 250 g/mol. The second-order valence-corrected chi connectivity index (χ2v) is 6.08. The molecule has 0 saturated carbocycles. The molecular formula is C17H27NO2. The van der Waals surface area contributed by atoms with Gasteiger partial charge in [0.1, 0.15) is 0 Å². The molecule has 2 N–H and O–H groups in total. The zero-order chi connectivity index (χ0) is 15.1. The predicted octanol–water partition coefficient (Wildman–Crippen LogP) is 2.63. The van der Waals surface area contributed by atoms with Gasteiger partial charge in [-0.05, 0) is 23.8 Å². The summed E-state index contributed by atoms with van der Waals surface area (Å²) in [6, 6.07) is 9.90. The zero-order valence-electron chi connectivity index (χ0n) is 13.0. The lowest BCUT2D eigenvalue weighted by Crippen LogP contribution is -2.45. The van der Waals surface area contributed by atoms with Crippen LogP contribution in [0, 0.1) is 17.8 Å². The van der Waals surface area contributed by atoms with E-state index in [-0.39, 0.29) is 36.3 Å². The van der Waals surface area contributed by atoms with Crippen molar-refractivity contribution in [2.75, 3.05) is 6.61 Å². The molecule has 0 aliphatic carbocycles. The van der Waals surface area contributed by atoms with E-state index >= 15 is 0 Å². The fourth-order valence-corrected chi connectivity index (χ4v) is 2.21. The molecule has 1 amide bonds. The first-order valence-corrected chi connectivity index (χ1v) is 7.40. The highest BCUT2D eigenvalue weighted by atomic mass is 16.3. The molecule has 0 aromatic heterocycles. The molecule has 2 atom stereocenters. The number of amides is 1. The Labute approximate surface area is 122 Å². The van der Waals surface area contributed by atoms with Gasteiger partial charge in [0.15, 0.2) is 0 Å². The van der Waals surface area contributed by atoms with Crippen LogP contribution in [0.1, 0.15) is 33.3 Å². The van der Waals surface area contributed by atoms with Crippen molar-refractivity contribution in [1.82, 2.24) is 5.32 Å². The van der Waals surface area contributed by atoms with Crippen LogP contribution in [-0.4, -0.2) is 23.7 Å². The number of aliphatic hydroxyl groups excluding tert-OH is 1. The number of carbonyl (C=O) groups is 1. The molecule has 2 unspecified atom stereocenters. The summed E-state index contributed by atoms with van der Waals surface area (Å²) in [7, 11) is 0. The summed E-state index contributed by atoms with van der Waals surface area (Å²) >= 11 is 0. The molecule has 3 nitrogen and oxygen atoms in total. The van der Waals surface area contributed by atoms with Gasteiger partial charge >= 0.3 is 0 Å². The van der Waals surface area contributed by atoms with Gasteiger partial charge in [-0.1, -0.05) is 58.0 Å². The van der Waals surface area contributed by atoms with Gasteiger partial charge in [-0.15, -0.1) is 0 Å². The molecule has 0 spiro atoms. The Morgan fingerprint density at radius 2 is 1.70 bits per heavy atom. The molecule has 1 aromatic rings. The van der Waals surface area contributed by atoms with E-state index in [2.05, 4.69) is 31.3 Å². The van der Waals surface area contributed by atoms with Crippen LogP contribution < -0.4 is 5.32 Å². The third-order valence-corrected chi connectivity index (χ3v) is 3.77. The molecule has 112 valence electrons. The topological polar surface area (TPSA) is 49.3 Å². The molecule has 1 aromatic carbocycles. The van der Waals surface area contributed by atoms with Gasteiger partial charge in [-0.25, -0.2) is 0 Å². The van der Waals surface area contributed by atoms with Crippen LogP contribution >= 0.6 is 0 Å². The number of carbonyl (C=O) groups excluding carboxylic acids is 1. The smallest absolute Gasteiger partial charge is 0.224 e. The largest absolute Gasteiger partial charge is 0.394 e. The lowest BCUT2D eigenvalue weighted by molar-refractivity contribution is -0.127. The summed E-state index contributed by atoms with van der Waals surface area (Å²) in [6.45, 7) is 8.12. The quantitative estimate of drug-likeness (QED) is 0.805. The van der Waals surface area contributed by atoms with Crippen molar-refractivity contribution >= 4 is 5.91 Å². The molecule has 0 fully saturated rings. The summed E-state index contributed by atoms with van der Waals surface area (Å²) < 4.78 is 0. The van der Waals surface area contributed by atoms with Crippen molar-refractivity contribution in [3.63, 3.8) is 0 Å². The monoisotopic (exact) mass is 277 g/mol. The van der Waals surface area contributed by atoms with Crippen molar-refractivity contribution in [2.45, 2.75) is 40.2 Å². The molecule has 20 heavy (non-hydrogen) atoms. The van der Waals surface area contributed by atoms with Crippen molar-refractivity contribution in [2.24, 2.45) is 17.8 Å². The minimum absolute atomic E-state index is 0.0143. The zero-order valence-corrected chi connectivity index (χ0v) is 13.0. The van der Waals surface area contributed by atoms with E-state index < -0.39 is 0 Å². The maximum absolute atomic E-state index is 12.4. The van der Waals surface area contributed by atoms with Crippen molar-refractivity contribution in [3.05, 3.63) is 35.9 Å². The summed E-state index contributed by atoms with van der Waals surface area (Å²) in [5.74, 6) is 0.469.